The van der Waals surface area contributed by atoms with Gasteiger partial charge in [-0.3, -0.25) is 14.5 Å². The summed E-state index contributed by atoms with van der Waals surface area (Å²) in [7, 11) is 0. The lowest BCUT2D eigenvalue weighted by Gasteiger charge is -2.35. The lowest BCUT2D eigenvalue weighted by molar-refractivity contribution is -0.125. The Morgan fingerprint density at radius 1 is 1.15 bits per heavy atom. The first kappa shape index (κ1) is 23.6. The zero-order chi connectivity index (χ0) is 23.4. The number of rotatable bonds is 6. The van der Waals surface area contributed by atoms with Gasteiger partial charge >= 0.3 is 0 Å². The summed E-state index contributed by atoms with van der Waals surface area (Å²) in [5.74, 6) is 0.173. The molecule has 4 rings (SSSR count). The van der Waals surface area contributed by atoms with Crippen LogP contribution in [-0.4, -0.2) is 62.2 Å². The minimum absolute atomic E-state index is 0.0738. The standard InChI is InChI=1S/C24H25Cl2N3O4/c1-16-24(31)29(9-8-28-10-12-32-13-11-28)21-6-5-19(15-22(21)33-16)27-23(30)7-3-17-2-4-18(25)14-20(17)26/h2-7,14-16H,8-13H2,1H3,(H,27,30)/b7-3+. The number of amides is 2. The maximum absolute atomic E-state index is 12.8. The van der Waals surface area contributed by atoms with Crippen LogP contribution in [0.4, 0.5) is 11.4 Å². The van der Waals surface area contributed by atoms with Crippen molar-refractivity contribution in [1.29, 1.82) is 0 Å². The Labute approximate surface area is 202 Å². The summed E-state index contributed by atoms with van der Waals surface area (Å²) in [6.45, 7) is 6.21. The second-order valence-electron chi connectivity index (χ2n) is 7.87. The third-order valence-electron chi connectivity index (χ3n) is 5.56. The lowest BCUT2D eigenvalue weighted by atomic mass is 10.1. The van der Waals surface area contributed by atoms with Crippen LogP contribution in [0.15, 0.2) is 42.5 Å². The summed E-state index contributed by atoms with van der Waals surface area (Å²) in [6, 6.07) is 10.4. The molecule has 2 aromatic rings. The van der Waals surface area contributed by atoms with Crippen molar-refractivity contribution in [1.82, 2.24) is 4.90 Å². The average Bonchev–Trinajstić information content (AvgIpc) is 2.79. The van der Waals surface area contributed by atoms with Crippen LogP contribution in [0.1, 0.15) is 12.5 Å². The zero-order valence-corrected chi connectivity index (χ0v) is 19.7. The van der Waals surface area contributed by atoms with E-state index in [4.69, 9.17) is 32.7 Å². The van der Waals surface area contributed by atoms with Crippen LogP contribution >= 0.6 is 23.2 Å². The second kappa shape index (κ2) is 10.6. The molecule has 33 heavy (non-hydrogen) atoms. The monoisotopic (exact) mass is 489 g/mol. The molecule has 2 amide bonds. The van der Waals surface area contributed by atoms with Crippen molar-refractivity contribution in [2.75, 3.05) is 49.6 Å². The van der Waals surface area contributed by atoms with Crippen molar-refractivity contribution >= 4 is 52.5 Å². The van der Waals surface area contributed by atoms with Gasteiger partial charge in [0.25, 0.3) is 5.91 Å². The topological polar surface area (TPSA) is 71.1 Å². The predicted octanol–water partition coefficient (Wildman–Crippen LogP) is 4.09. The van der Waals surface area contributed by atoms with Crippen LogP contribution in [0.3, 0.4) is 0 Å². The molecule has 1 unspecified atom stereocenters. The molecule has 2 heterocycles. The number of hydrogen-bond donors (Lipinski definition) is 1. The molecule has 1 N–H and O–H groups in total. The van der Waals surface area contributed by atoms with Crippen LogP contribution in [-0.2, 0) is 14.3 Å². The fourth-order valence-electron chi connectivity index (χ4n) is 3.77. The molecule has 1 atom stereocenters. The molecule has 0 spiro atoms. The first-order chi connectivity index (χ1) is 15.9. The fourth-order valence-corrected chi connectivity index (χ4v) is 4.24. The summed E-state index contributed by atoms with van der Waals surface area (Å²) in [5, 5.41) is 3.81. The van der Waals surface area contributed by atoms with Crippen molar-refractivity contribution < 1.29 is 19.1 Å². The van der Waals surface area contributed by atoms with Gasteiger partial charge in [0.15, 0.2) is 6.10 Å². The van der Waals surface area contributed by atoms with Gasteiger partial charge in [-0.1, -0.05) is 29.3 Å². The summed E-state index contributed by atoms with van der Waals surface area (Å²) in [6.07, 6.45) is 2.42. The van der Waals surface area contributed by atoms with Gasteiger partial charge in [0, 0.05) is 54.1 Å². The highest BCUT2D eigenvalue weighted by Crippen LogP contribution is 2.36. The Bertz CT molecular complexity index is 1070. The number of benzene rings is 2. The maximum Gasteiger partial charge on any atom is 0.267 e. The summed E-state index contributed by atoms with van der Waals surface area (Å²) >= 11 is 12.0. The third-order valence-corrected chi connectivity index (χ3v) is 6.12. The number of carbonyl (C=O) groups is 2. The smallest absolute Gasteiger partial charge is 0.267 e. The number of carbonyl (C=O) groups excluding carboxylic acids is 2. The molecule has 7 nitrogen and oxygen atoms in total. The predicted molar refractivity (Wildman–Crippen MR) is 130 cm³/mol. The van der Waals surface area contributed by atoms with Crippen molar-refractivity contribution in [2.45, 2.75) is 13.0 Å². The number of anilines is 2. The number of hydrogen-bond acceptors (Lipinski definition) is 5. The second-order valence-corrected chi connectivity index (χ2v) is 8.72. The van der Waals surface area contributed by atoms with E-state index in [1.54, 1.807) is 54.3 Å². The minimum atomic E-state index is -0.597. The molecular weight excluding hydrogens is 465 g/mol. The van der Waals surface area contributed by atoms with Gasteiger partial charge in [0.05, 0.1) is 18.9 Å². The van der Waals surface area contributed by atoms with E-state index in [0.717, 1.165) is 19.6 Å². The van der Waals surface area contributed by atoms with Crippen molar-refractivity contribution in [2.24, 2.45) is 0 Å². The van der Waals surface area contributed by atoms with E-state index in [9.17, 15) is 9.59 Å². The highest BCUT2D eigenvalue weighted by molar-refractivity contribution is 6.35. The molecule has 0 bridgehead atoms. The highest BCUT2D eigenvalue weighted by Gasteiger charge is 2.32. The fraction of sp³-hybridized carbons (Fsp3) is 0.333. The molecule has 2 aromatic carbocycles. The number of nitrogens with one attached hydrogen (secondary N) is 1. The summed E-state index contributed by atoms with van der Waals surface area (Å²) in [4.78, 5) is 29.2. The Balaban J connectivity index is 1.44. The molecule has 174 valence electrons. The average molecular weight is 490 g/mol. The number of fused-ring (bicyclic) bond motifs is 1. The van der Waals surface area contributed by atoms with Crippen LogP contribution < -0.4 is 15.0 Å². The normalized spacial score (nSPS) is 18.8. The number of halogens is 2. The quantitative estimate of drug-likeness (QED) is 0.618. The molecule has 0 aromatic heterocycles. The molecule has 1 saturated heterocycles. The summed E-state index contributed by atoms with van der Waals surface area (Å²) < 4.78 is 11.2. The Morgan fingerprint density at radius 3 is 2.70 bits per heavy atom. The van der Waals surface area contributed by atoms with Gasteiger partial charge in [-0.15, -0.1) is 0 Å². The van der Waals surface area contributed by atoms with E-state index in [2.05, 4.69) is 10.2 Å². The Kier molecular flexibility index (Phi) is 7.55. The van der Waals surface area contributed by atoms with Crippen molar-refractivity contribution in [3.8, 4) is 5.75 Å². The van der Waals surface area contributed by atoms with Gasteiger partial charge in [0.1, 0.15) is 5.75 Å². The van der Waals surface area contributed by atoms with Crippen LogP contribution in [0, 0.1) is 0 Å². The van der Waals surface area contributed by atoms with E-state index in [0.29, 0.717) is 52.5 Å². The maximum atomic E-state index is 12.8. The Morgan fingerprint density at radius 2 is 1.94 bits per heavy atom. The van der Waals surface area contributed by atoms with Crippen molar-refractivity contribution in [3.63, 3.8) is 0 Å². The molecule has 2 aliphatic heterocycles. The molecule has 9 heteroatoms. The van der Waals surface area contributed by atoms with E-state index in [-0.39, 0.29) is 11.8 Å². The first-order valence-corrected chi connectivity index (χ1v) is 11.5. The third kappa shape index (κ3) is 5.86. The highest BCUT2D eigenvalue weighted by atomic mass is 35.5. The largest absolute Gasteiger partial charge is 0.479 e. The molecule has 2 aliphatic rings. The number of morpholine rings is 1. The molecule has 0 aliphatic carbocycles. The molecule has 0 radical (unpaired) electrons. The van der Waals surface area contributed by atoms with Gasteiger partial charge in [-0.05, 0) is 42.8 Å². The van der Waals surface area contributed by atoms with Crippen molar-refractivity contribution in [3.05, 3.63) is 58.1 Å². The van der Waals surface area contributed by atoms with Gasteiger partial charge in [-0.2, -0.15) is 0 Å². The van der Waals surface area contributed by atoms with E-state index >= 15 is 0 Å². The van der Waals surface area contributed by atoms with Crippen LogP contribution in [0.5, 0.6) is 5.75 Å². The number of ether oxygens (including phenoxy) is 2. The van der Waals surface area contributed by atoms with Crippen LogP contribution in [0.2, 0.25) is 10.0 Å². The first-order valence-electron chi connectivity index (χ1n) is 10.8. The van der Waals surface area contributed by atoms with Gasteiger partial charge < -0.3 is 19.7 Å². The Hall–Kier alpha value is -2.58. The number of nitrogens with zero attached hydrogens (tertiary/aromatic N) is 2. The van der Waals surface area contributed by atoms with E-state index < -0.39 is 6.10 Å². The SMILES string of the molecule is CC1Oc2cc(NC(=O)/C=C/c3ccc(Cl)cc3Cl)ccc2N(CCN2CCOCC2)C1=O. The molecular formula is C24H25Cl2N3O4. The van der Waals surface area contributed by atoms with E-state index in [1.165, 1.54) is 6.08 Å². The summed E-state index contributed by atoms with van der Waals surface area (Å²) in [5.41, 5.74) is 1.96. The molecule has 1 fully saturated rings. The minimum Gasteiger partial charge on any atom is -0.479 e. The molecule has 0 saturated carbocycles. The lowest BCUT2D eigenvalue weighted by Crippen LogP contribution is -2.48. The van der Waals surface area contributed by atoms with Gasteiger partial charge in [-0.25, -0.2) is 0 Å². The van der Waals surface area contributed by atoms with E-state index in [1.807, 2.05) is 0 Å². The van der Waals surface area contributed by atoms with Gasteiger partial charge in [0.2, 0.25) is 5.91 Å². The zero-order valence-electron chi connectivity index (χ0n) is 18.2. The van der Waals surface area contributed by atoms with Crippen LogP contribution in [0.25, 0.3) is 6.08 Å².